The highest BCUT2D eigenvalue weighted by atomic mass is 16.3. The van der Waals surface area contributed by atoms with Crippen molar-refractivity contribution in [1.82, 2.24) is 19.9 Å². The summed E-state index contributed by atoms with van der Waals surface area (Å²) in [6.45, 7) is 0.488. The molecule has 0 aliphatic carbocycles. The first kappa shape index (κ1) is 19.6. The summed E-state index contributed by atoms with van der Waals surface area (Å²) in [5.41, 5.74) is 8.70. The van der Waals surface area contributed by atoms with Crippen molar-refractivity contribution in [3.8, 4) is 23.1 Å². The molecule has 8 nitrogen and oxygen atoms in total. The lowest BCUT2D eigenvalue weighted by Crippen LogP contribution is -2.37. The van der Waals surface area contributed by atoms with Crippen LogP contribution in [0, 0.1) is 11.8 Å². The Morgan fingerprint density at radius 2 is 2.03 bits per heavy atom. The molecule has 1 saturated heterocycles. The van der Waals surface area contributed by atoms with Gasteiger partial charge in [0.15, 0.2) is 5.82 Å². The van der Waals surface area contributed by atoms with Gasteiger partial charge >= 0.3 is 0 Å². The first-order valence-corrected chi connectivity index (χ1v) is 9.48. The Bertz CT molecular complexity index is 1210. The van der Waals surface area contributed by atoms with Crippen LogP contribution in [0.2, 0.25) is 0 Å². The second-order valence-electron chi connectivity index (χ2n) is 7.54. The number of amides is 1. The van der Waals surface area contributed by atoms with E-state index < -0.39 is 5.60 Å². The van der Waals surface area contributed by atoms with E-state index in [1.807, 2.05) is 49.3 Å². The van der Waals surface area contributed by atoms with Gasteiger partial charge in [-0.15, -0.1) is 0 Å². The zero-order chi connectivity index (χ0) is 21.5. The number of anilines is 2. The van der Waals surface area contributed by atoms with Crippen molar-refractivity contribution in [2.45, 2.75) is 12.0 Å². The van der Waals surface area contributed by atoms with E-state index in [0.29, 0.717) is 41.1 Å². The lowest BCUT2D eigenvalue weighted by atomic mass is 10.0. The number of likely N-dealkylation sites (N-methyl/N-ethyl adjacent to an activating group) is 1. The summed E-state index contributed by atoms with van der Waals surface area (Å²) in [6.07, 6.45) is 1.72. The van der Waals surface area contributed by atoms with E-state index in [1.54, 1.807) is 7.05 Å². The second-order valence-corrected chi connectivity index (χ2v) is 7.54. The Kier molecular flexibility index (Phi) is 4.76. The monoisotopic (exact) mass is 402 g/mol. The van der Waals surface area contributed by atoms with E-state index >= 15 is 0 Å². The standard InChI is InChI=1S/C22H22N6O2/c1-27(2)17-12-16(26-19-18(17)24-13-25-20(19)23)15-6-4-5-14(11-15)7-8-22(30)9-10-28(3)21(22)29/h4-6,11-13,30H,9-10H2,1-3H3,(H2,23,24,25)/t22-/m0/s1. The van der Waals surface area contributed by atoms with Crippen molar-refractivity contribution in [1.29, 1.82) is 0 Å². The molecule has 0 bridgehead atoms. The number of nitrogens with two attached hydrogens (primary N) is 1. The molecule has 1 atom stereocenters. The van der Waals surface area contributed by atoms with Crippen molar-refractivity contribution in [3.63, 3.8) is 0 Å². The van der Waals surface area contributed by atoms with Crippen molar-refractivity contribution >= 4 is 28.4 Å². The van der Waals surface area contributed by atoms with Gasteiger partial charge in [0.2, 0.25) is 5.60 Å². The average molecular weight is 402 g/mol. The van der Waals surface area contributed by atoms with Gasteiger partial charge in [-0.1, -0.05) is 24.0 Å². The number of carbonyl (C=O) groups is 1. The summed E-state index contributed by atoms with van der Waals surface area (Å²) >= 11 is 0. The lowest BCUT2D eigenvalue weighted by Gasteiger charge is -2.16. The number of pyridine rings is 1. The zero-order valence-corrected chi connectivity index (χ0v) is 17.0. The summed E-state index contributed by atoms with van der Waals surface area (Å²) in [5.74, 6) is 5.63. The molecule has 0 radical (unpaired) electrons. The predicted octanol–water partition coefficient (Wildman–Crippen LogP) is 1.28. The fourth-order valence-electron chi connectivity index (χ4n) is 3.43. The van der Waals surface area contributed by atoms with Gasteiger partial charge in [-0.25, -0.2) is 15.0 Å². The van der Waals surface area contributed by atoms with Gasteiger partial charge in [-0.3, -0.25) is 4.79 Å². The molecular formula is C22H22N6O2. The topological polar surface area (TPSA) is 108 Å². The van der Waals surface area contributed by atoms with Crippen molar-refractivity contribution in [3.05, 3.63) is 42.2 Å². The van der Waals surface area contributed by atoms with E-state index in [-0.39, 0.29) is 5.91 Å². The first-order valence-electron chi connectivity index (χ1n) is 9.48. The summed E-state index contributed by atoms with van der Waals surface area (Å²) in [7, 11) is 5.51. The van der Waals surface area contributed by atoms with Crippen LogP contribution in [0.3, 0.4) is 0 Å². The lowest BCUT2D eigenvalue weighted by molar-refractivity contribution is -0.137. The molecule has 1 aromatic carbocycles. The fourth-order valence-corrected chi connectivity index (χ4v) is 3.43. The van der Waals surface area contributed by atoms with Gasteiger partial charge in [0.1, 0.15) is 17.4 Å². The largest absolute Gasteiger partial charge is 0.382 e. The van der Waals surface area contributed by atoms with Crippen LogP contribution in [0.5, 0.6) is 0 Å². The highest BCUT2D eigenvalue weighted by Gasteiger charge is 2.42. The Hall–Kier alpha value is -3.70. The SMILES string of the molecule is CN1CC[C@@](O)(C#Cc2cccc(-c3cc(N(C)C)c4ncnc(N)c4n3)c2)C1=O. The number of fused-ring (bicyclic) bond motifs is 1. The number of hydrogen-bond donors (Lipinski definition) is 2. The molecule has 1 aliphatic heterocycles. The molecule has 0 unspecified atom stereocenters. The van der Waals surface area contributed by atoms with Gasteiger partial charge in [0, 0.05) is 45.2 Å². The maximum absolute atomic E-state index is 12.1. The van der Waals surface area contributed by atoms with Crippen molar-refractivity contribution < 1.29 is 9.90 Å². The van der Waals surface area contributed by atoms with Crippen LogP contribution in [-0.4, -0.2) is 64.2 Å². The second kappa shape index (κ2) is 7.28. The summed E-state index contributed by atoms with van der Waals surface area (Å²) in [4.78, 5) is 28.6. The van der Waals surface area contributed by atoms with Gasteiger partial charge in [-0.2, -0.15) is 0 Å². The van der Waals surface area contributed by atoms with Crippen LogP contribution < -0.4 is 10.6 Å². The highest BCUT2D eigenvalue weighted by molar-refractivity contribution is 5.95. The number of carbonyl (C=O) groups excluding carboxylic acids is 1. The smallest absolute Gasteiger partial charge is 0.267 e. The molecule has 1 fully saturated rings. The van der Waals surface area contributed by atoms with E-state index in [0.717, 1.165) is 11.3 Å². The molecule has 8 heteroatoms. The Morgan fingerprint density at radius 3 is 2.73 bits per heavy atom. The molecular weight excluding hydrogens is 380 g/mol. The molecule has 1 amide bonds. The number of likely N-dealkylation sites (tertiary alicyclic amines) is 1. The van der Waals surface area contributed by atoms with Gasteiger partial charge < -0.3 is 20.6 Å². The number of aromatic nitrogens is 3. The number of rotatable bonds is 2. The molecule has 30 heavy (non-hydrogen) atoms. The number of hydrogen-bond acceptors (Lipinski definition) is 7. The van der Waals surface area contributed by atoms with Crippen LogP contribution in [0.25, 0.3) is 22.3 Å². The van der Waals surface area contributed by atoms with E-state index in [1.165, 1.54) is 11.2 Å². The molecule has 3 heterocycles. The third-order valence-corrected chi connectivity index (χ3v) is 5.16. The average Bonchev–Trinajstić information content (AvgIpc) is 3.00. The van der Waals surface area contributed by atoms with E-state index in [2.05, 4.69) is 26.8 Å². The summed E-state index contributed by atoms with van der Waals surface area (Å²) in [6, 6.07) is 9.41. The minimum absolute atomic E-state index is 0.298. The molecule has 3 aromatic rings. The Balaban J connectivity index is 1.77. The van der Waals surface area contributed by atoms with Crippen LogP contribution in [0.15, 0.2) is 36.7 Å². The van der Waals surface area contributed by atoms with Crippen molar-refractivity contribution in [2.75, 3.05) is 38.3 Å². The van der Waals surface area contributed by atoms with Crippen molar-refractivity contribution in [2.24, 2.45) is 0 Å². The van der Waals surface area contributed by atoms with Crippen LogP contribution in [0.4, 0.5) is 11.5 Å². The molecule has 1 aliphatic rings. The minimum atomic E-state index is -1.63. The molecule has 152 valence electrons. The predicted molar refractivity (Wildman–Crippen MR) is 116 cm³/mol. The molecule has 0 spiro atoms. The molecule has 3 N–H and O–H groups in total. The number of aliphatic hydroxyl groups is 1. The first-order chi connectivity index (χ1) is 14.3. The van der Waals surface area contributed by atoms with Crippen LogP contribution in [0.1, 0.15) is 12.0 Å². The normalized spacial score (nSPS) is 18.4. The summed E-state index contributed by atoms with van der Waals surface area (Å²) < 4.78 is 0. The van der Waals surface area contributed by atoms with Gasteiger partial charge in [0.25, 0.3) is 5.91 Å². The van der Waals surface area contributed by atoms with Gasteiger partial charge in [-0.05, 0) is 18.2 Å². The van der Waals surface area contributed by atoms with E-state index in [9.17, 15) is 9.90 Å². The molecule has 0 saturated carbocycles. The third-order valence-electron chi connectivity index (χ3n) is 5.16. The Morgan fingerprint density at radius 1 is 1.23 bits per heavy atom. The molecule has 2 aromatic heterocycles. The zero-order valence-electron chi connectivity index (χ0n) is 17.0. The minimum Gasteiger partial charge on any atom is -0.382 e. The maximum atomic E-state index is 12.1. The maximum Gasteiger partial charge on any atom is 0.267 e. The highest BCUT2D eigenvalue weighted by Crippen LogP contribution is 2.30. The number of nitrogens with zero attached hydrogens (tertiary/aromatic N) is 5. The fraction of sp³-hybridized carbons (Fsp3) is 0.273. The quantitative estimate of drug-likeness (QED) is 0.622. The van der Waals surface area contributed by atoms with Crippen LogP contribution >= 0.6 is 0 Å². The Labute approximate surface area is 174 Å². The van der Waals surface area contributed by atoms with E-state index in [4.69, 9.17) is 5.73 Å². The number of benzene rings is 1. The third kappa shape index (κ3) is 3.40. The summed E-state index contributed by atoms with van der Waals surface area (Å²) in [5, 5.41) is 10.5. The number of nitrogen functional groups attached to an aromatic ring is 1. The van der Waals surface area contributed by atoms with Gasteiger partial charge in [0.05, 0.1) is 11.4 Å². The molecule has 4 rings (SSSR count). The van der Waals surface area contributed by atoms with Crippen LogP contribution in [-0.2, 0) is 4.79 Å².